The number of nitrogens with one attached hydrogen (secondary N) is 1. The van der Waals surface area contributed by atoms with Crippen LogP contribution in [0.2, 0.25) is 0 Å². The van der Waals surface area contributed by atoms with E-state index >= 15 is 0 Å². The van der Waals surface area contributed by atoms with Crippen LogP contribution in [0, 0.1) is 10.1 Å². The molecule has 0 saturated carbocycles. The Morgan fingerprint density at radius 2 is 1.95 bits per heavy atom. The monoisotopic (exact) mass is 296 g/mol. The van der Waals surface area contributed by atoms with Crippen molar-refractivity contribution < 1.29 is 4.92 Å². The van der Waals surface area contributed by atoms with Crippen molar-refractivity contribution in [2.75, 3.05) is 5.32 Å². The van der Waals surface area contributed by atoms with E-state index in [2.05, 4.69) is 28.5 Å². The molecule has 0 aliphatic rings. The zero-order chi connectivity index (χ0) is 15.7. The molecule has 1 atom stereocenters. The van der Waals surface area contributed by atoms with Crippen LogP contribution in [0.1, 0.15) is 18.5 Å². The first-order valence-electron chi connectivity index (χ1n) is 6.98. The quantitative estimate of drug-likeness (QED) is 0.589. The maximum atomic E-state index is 11.1. The fraction of sp³-hybridized carbons (Fsp3) is 0.188. The number of hydrogen-bond donors (Lipinski definition) is 1. The lowest BCUT2D eigenvalue weighted by Crippen LogP contribution is -2.11. The van der Waals surface area contributed by atoms with Crippen LogP contribution < -0.4 is 5.32 Å². The van der Waals surface area contributed by atoms with Crippen LogP contribution in [-0.4, -0.2) is 14.5 Å². The minimum atomic E-state index is -0.474. The molecule has 6 nitrogen and oxygen atoms in total. The minimum absolute atomic E-state index is 0.0831. The number of benzene rings is 2. The predicted octanol–water partition coefficient (Wildman–Crippen LogP) is 3.65. The predicted molar refractivity (Wildman–Crippen MR) is 85.8 cm³/mol. The maximum Gasteiger partial charge on any atom is 0.406 e. The lowest BCUT2D eigenvalue weighted by Gasteiger charge is -2.17. The molecule has 0 fully saturated rings. The number of nitro groups is 1. The lowest BCUT2D eigenvalue weighted by molar-refractivity contribution is -0.388. The summed E-state index contributed by atoms with van der Waals surface area (Å²) in [5, 5.41) is 16.5. The lowest BCUT2D eigenvalue weighted by atomic mass is 10.00. The topological polar surface area (TPSA) is 73.0 Å². The highest BCUT2D eigenvalue weighted by Gasteiger charge is 2.22. The van der Waals surface area contributed by atoms with Gasteiger partial charge in [0.05, 0.1) is 6.04 Å². The maximum absolute atomic E-state index is 11.1. The van der Waals surface area contributed by atoms with Gasteiger partial charge in [-0.05, 0) is 33.2 Å². The van der Waals surface area contributed by atoms with Gasteiger partial charge >= 0.3 is 5.82 Å². The Bertz CT molecular complexity index is 836. The van der Waals surface area contributed by atoms with Gasteiger partial charge in [0.15, 0.2) is 0 Å². The minimum Gasteiger partial charge on any atom is -0.358 e. The highest BCUT2D eigenvalue weighted by atomic mass is 16.6. The Morgan fingerprint density at radius 1 is 1.23 bits per heavy atom. The van der Waals surface area contributed by atoms with Crippen molar-refractivity contribution in [3.05, 3.63) is 64.5 Å². The Hall–Kier alpha value is -2.89. The number of aryl methyl sites for hydroxylation is 1. The molecule has 1 N–H and O–H groups in total. The Labute approximate surface area is 127 Å². The van der Waals surface area contributed by atoms with Crippen LogP contribution in [0.25, 0.3) is 10.8 Å². The summed E-state index contributed by atoms with van der Waals surface area (Å²) in [7, 11) is 1.73. The summed E-state index contributed by atoms with van der Waals surface area (Å²) in [6, 6.07) is 14.1. The molecule has 3 aromatic rings. The summed E-state index contributed by atoms with van der Waals surface area (Å²) in [6.07, 6.45) is 1.44. The Balaban J connectivity index is 1.99. The number of rotatable bonds is 4. The Kier molecular flexibility index (Phi) is 3.50. The zero-order valence-electron chi connectivity index (χ0n) is 12.4. The molecule has 1 heterocycles. The smallest absolute Gasteiger partial charge is 0.358 e. The second-order valence-corrected chi connectivity index (χ2v) is 5.22. The number of nitrogens with zero attached hydrogens (tertiary/aromatic N) is 3. The van der Waals surface area contributed by atoms with Crippen molar-refractivity contribution in [2.45, 2.75) is 13.0 Å². The first-order valence-corrected chi connectivity index (χ1v) is 6.98. The van der Waals surface area contributed by atoms with Gasteiger partial charge in [0.25, 0.3) is 0 Å². The van der Waals surface area contributed by atoms with E-state index in [1.54, 1.807) is 11.6 Å². The van der Waals surface area contributed by atoms with Gasteiger partial charge < -0.3 is 15.4 Å². The summed E-state index contributed by atoms with van der Waals surface area (Å²) in [5.41, 5.74) is 1.09. The molecule has 112 valence electrons. The van der Waals surface area contributed by atoms with E-state index in [1.165, 1.54) is 6.33 Å². The van der Waals surface area contributed by atoms with Gasteiger partial charge in [-0.25, -0.2) is 0 Å². The van der Waals surface area contributed by atoms with E-state index in [9.17, 15) is 10.1 Å². The van der Waals surface area contributed by atoms with Crippen molar-refractivity contribution in [3.8, 4) is 0 Å². The van der Waals surface area contributed by atoms with Crippen LogP contribution in [0.15, 0.2) is 48.8 Å². The van der Waals surface area contributed by atoms with E-state index in [0.717, 1.165) is 16.3 Å². The Morgan fingerprint density at radius 3 is 2.73 bits per heavy atom. The molecular formula is C16H16N4O2. The van der Waals surface area contributed by atoms with Gasteiger partial charge in [0, 0.05) is 7.05 Å². The van der Waals surface area contributed by atoms with E-state index in [0.29, 0.717) is 5.82 Å². The van der Waals surface area contributed by atoms with E-state index in [1.807, 2.05) is 31.2 Å². The molecule has 1 unspecified atom stereocenters. The van der Waals surface area contributed by atoms with Crippen LogP contribution in [-0.2, 0) is 7.05 Å². The third kappa shape index (κ3) is 2.39. The number of fused-ring (bicyclic) bond motifs is 1. The first-order chi connectivity index (χ1) is 10.6. The second kappa shape index (κ2) is 5.48. The molecule has 0 bridgehead atoms. The molecule has 0 radical (unpaired) electrons. The van der Waals surface area contributed by atoms with Gasteiger partial charge in [-0.3, -0.25) is 4.57 Å². The van der Waals surface area contributed by atoms with Gasteiger partial charge in [-0.2, -0.15) is 0 Å². The van der Waals surface area contributed by atoms with E-state index in [4.69, 9.17) is 0 Å². The number of imidazole rings is 1. The third-order valence-corrected chi connectivity index (χ3v) is 3.73. The molecule has 0 spiro atoms. The van der Waals surface area contributed by atoms with Crippen LogP contribution >= 0.6 is 0 Å². The molecule has 2 aromatic carbocycles. The number of aromatic nitrogens is 2. The first kappa shape index (κ1) is 14.1. The summed E-state index contributed by atoms with van der Waals surface area (Å²) in [6.45, 7) is 1.98. The molecule has 0 saturated heterocycles. The van der Waals surface area contributed by atoms with Crippen LogP contribution in [0.5, 0.6) is 0 Å². The average Bonchev–Trinajstić information content (AvgIpc) is 2.88. The van der Waals surface area contributed by atoms with Crippen molar-refractivity contribution in [2.24, 2.45) is 7.05 Å². The summed E-state index contributed by atoms with van der Waals surface area (Å²) in [5.74, 6) is 0.250. The third-order valence-electron chi connectivity index (χ3n) is 3.73. The van der Waals surface area contributed by atoms with E-state index in [-0.39, 0.29) is 11.9 Å². The van der Waals surface area contributed by atoms with Crippen molar-refractivity contribution in [3.63, 3.8) is 0 Å². The standard InChI is InChI=1S/C16H16N4O2/c1-11(18-16-15(20(21)22)17-10-19(16)2)13-9-5-7-12-6-3-4-8-14(12)13/h3-11,18H,1-2H3. The number of hydrogen-bond acceptors (Lipinski definition) is 4. The van der Waals surface area contributed by atoms with Gasteiger partial charge in [-0.15, -0.1) is 0 Å². The molecular weight excluding hydrogens is 280 g/mol. The summed E-state index contributed by atoms with van der Waals surface area (Å²) < 4.78 is 1.62. The summed E-state index contributed by atoms with van der Waals surface area (Å²) >= 11 is 0. The zero-order valence-corrected chi connectivity index (χ0v) is 12.4. The van der Waals surface area contributed by atoms with Gasteiger partial charge in [0.1, 0.15) is 0 Å². The van der Waals surface area contributed by atoms with Crippen molar-refractivity contribution in [1.82, 2.24) is 9.55 Å². The second-order valence-electron chi connectivity index (χ2n) is 5.22. The highest BCUT2D eigenvalue weighted by Crippen LogP contribution is 2.29. The molecule has 1 aromatic heterocycles. The SMILES string of the molecule is CC(Nc1c([N+](=O)[O-])ncn1C)c1cccc2ccccc12. The molecule has 6 heteroatoms. The van der Waals surface area contributed by atoms with Gasteiger partial charge in [0.2, 0.25) is 12.1 Å². The molecule has 3 rings (SSSR count). The van der Waals surface area contributed by atoms with Crippen molar-refractivity contribution >= 4 is 22.4 Å². The fourth-order valence-corrected chi connectivity index (χ4v) is 2.63. The van der Waals surface area contributed by atoms with Crippen molar-refractivity contribution in [1.29, 1.82) is 0 Å². The molecule has 0 aliphatic carbocycles. The van der Waals surface area contributed by atoms with Crippen LogP contribution in [0.4, 0.5) is 11.6 Å². The molecule has 0 amide bonds. The highest BCUT2D eigenvalue weighted by molar-refractivity contribution is 5.86. The molecule has 22 heavy (non-hydrogen) atoms. The average molecular weight is 296 g/mol. The normalized spacial score (nSPS) is 12.3. The largest absolute Gasteiger partial charge is 0.406 e. The fourth-order valence-electron chi connectivity index (χ4n) is 2.63. The van der Waals surface area contributed by atoms with Gasteiger partial charge in [-0.1, -0.05) is 42.5 Å². The van der Waals surface area contributed by atoms with E-state index < -0.39 is 4.92 Å². The number of anilines is 1. The molecule has 0 aliphatic heterocycles. The summed E-state index contributed by atoms with van der Waals surface area (Å²) in [4.78, 5) is 14.4. The van der Waals surface area contributed by atoms with Crippen LogP contribution in [0.3, 0.4) is 0 Å².